The molecule has 0 aliphatic rings. The Morgan fingerprint density at radius 2 is 2.00 bits per heavy atom. The van der Waals surface area contributed by atoms with Crippen molar-refractivity contribution in [1.29, 1.82) is 0 Å². The highest BCUT2D eigenvalue weighted by molar-refractivity contribution is 5.71. The lowest BCUT2D eigenvalue weighted by Crippen LogP contribution is -1.84. The van der Waals surface area contributed by atoms with E-state index in [1.807, 2.05) is 43.3 Å². The summed E-state index contributed by atoms with van der Waals surface area (Å²) >= 11 is 0. The Bertz CT molecular complexity index is 306. The molecule has 1 rings (SSSR count). The lowest BCUT2D eigenvalue weighted by atomic mass is 10.1. The highest BCUT2D eigenvalue weighted by atomic mass is 16.3. The van der Waals surface area contributed by atoms with Gasteiger partial charge in [-0.3, -0.25) is 0 Å². The van der Waals surface area contributed by atoms with Gasteiger partial charge in [-0.15, -0.1) is 0 Å². The van der Waals surface area contributed by atoms with E-state index < -0.39 is 0 Å². The second-order valence-electron chi connectivity index (χ2n) is 2.88. The third kappa shape index (κ3) is 2.56. The summed E-state index contributed by atoms with van der Waals surface area (Å²) in [5.74, 6) is 0. The summed E-state index contributed by atoms with van der Waals surface area (Å²) in [6, 6.07) is 7.75. The van der Waals surface area contributed by atoms with Crippen LogP contribution < -0.4 is 0 Å². The first-order valence-electron chi connectivity index (χ1n) is 4.29. The Labute approximate surface area is 79.0 Å². The highest BCUT2D eigenvalue weighted by Gasteiger charge is 1.94. The van der Waals surface area contributed by atoms with Gasteiger partial charge in [0.05, 0.1) is 6.61 Å². The monoisotopic (exact) mass is 174 g/mol. The SMILES string of the molecule is C=C(C=CC)c1ccc(CO)cc1. The molecule has 13 heavy (non-hydrogen) atoms. The quantitative estimate of drug-likeness (QED) is 0.698. The standard InChI is InChI=1S/C12H14O/c1-3-4-10(2)12-7-5-11(9-13)6-8-12/h3-8,13H,2,9H2,1H3. The summed E-state index contributed by atoms with van der Waals surface area (Å²) in [4.78, 5) is 0. The normalized spacial score (nSPS) is 10.6. The van der Waals surface area contributed by atoms with Crippen LogP contribution in [0.4, 0.5) is 0 Å². The lowest BCUT2D eigenvalue weighted by Gasteiger charge is -2.01. The predicted molar refractivity (Wildman–Crippen MR) is 56.2 cm³/mol. The van der Waals surface area contributed by atoms with Gasteiger partial charge in [-0.25, -0.2) is 0 Å². The van der Waals surface area contributed by atoms with Crippen molar-refractivity contribution in [1.82, 2.24) is 0 Å². The zero-order chi connectivity index (χ0) is 9.68. The van der Waals surface area contributed by atoms with E-state index in [9.17, 15) is 0 Å². The molecule has 1 heteroatoms. The average Bonchev–Trinajstić information content (AvgIpc) is 2.18. The van der Waals surface area contributed by atoms with Crippen molar-refractivity contribution in [3.05, 3.63) is 54.1 Å². The molecule has 1 N–H and O–H groups in total. The number of rotatable bonds is 3. The number of hydrogen-bond acceptors (Lipinski definition) is 1. The van der Waals surface area contributed by atoms with Crippen molar-refractivity contribution in [3.8, 4) is 0 Å². The van der Waals surface area contributed by atoms with Crippen LogP contribution in [0.25, 0.3) is 5.57 Å². The van der Waals surface area contributed by atoms with Gasteiger partial charge in [-0.2, -0.15) is 0 Å². The molecule has 1 aromatic carbocycles. The maximum atomic E-state index is 8.83. The van der Waals surface area contributed by atoms with Crippen LogP contribution in [-0.2, 0) is 6.61 Å². The van der Waals surface area contributed by atoms with E-state index in [2.05, 4.69) is 6.58 Å². The van der Waals surface area contributed by atoms with Crippen LogP contribution in [0.5, 0.6) is 0 Å². The molecule has 0 atom stereocenters. The summed E-state index contributed by atoms with van der Waals surface area (Å²) in [7, 11) is 0. The molecule has 0 saturated heterocycles. The molecule has 0 aliphatic heterocycles. The van der Waals surface area contributed by atoms with Gasteiger partial charge in [0.2, 0.25) is 0 Å². The minimum Gasteiger partial charge on any atom is -0.392 e. The molecule has 0 amide bonds. The van der Waals surface area contributed by atoms with E-state index in [1.165, 1.54) is 0 Å². The number of hydrogen-bond donors (Lipinski definition) is 1. The zero-order valence-corrected chi connectivity index (χ0v) is 7.83. The van der Waals surface area contributed by atoms with Crippen molar-refractivity contribution in [3.63, 3.8) is 0 Å². The molecule has 0 saturated carbocycles. The maximum Gasteiger partial charge on any atom is 0.0681 e. The molecule has 68 valence electrons. The molecule has 1 aromatic rings. The summed E-state index contributed by atoms with van der Waals surface area (Å²) in [5, 5.41) is 8.83. The summed E-state index contributed by atoms with van der Waals surface area (Å²) < 4.78 is 0. The van der Waals surface area contributed by atoms with E-state index in [0.717, 1.165) is 16.7 Å². The summed E-state index contributed by atoms with van der Waals surface area (Å²) in [5.41, 5.74) is 3.01. The Kier molecular flexibility index (Phi) is 3.47. The van der Waals surface area contributed by atoms with E-state index in [4.69, 9.17) is 5.11 Å². The van der Waals surface area contributed by atoms with Gasteiger partial charge in [0.25, 0.3) is 0 Å². The predicted octanol–water partition coefficient (Wildman–Crippen LogP) is 2.77. The van der Waals surface area contributed by atoms with Crippen LogP contribution in [0.15, 0.2) is 43.0 Å². The molecule has 1 nitrogen and oxygen atoms in total. The smallest absolute Gasteiger partial charge is 0.0681 e. The number of aliphatic hydroxyl groups is 1. The first kappa shape index (κ1) is 9.75. The third-order valence-corrected chi connectivity index (χ3v) is 1.88. The third-order valence-electron chi connectivity index (χ3n) is 1.88. The van der Waals surface area contributed by atoms with E-state index in [1.54, 1.807) is 0 Å². The Balaban J connectivity index is 2.85. The molecular formula is C12H14O. The van der Waals surface area contributed by atoms with Crippen molar-refractivity contribution < 1.29 is 5.11 Å². The van der Waals surface area contributed by atoms with Gasteiger partial charge in [0.1, 0.15) is 0 Å². The minimum atomic E-state index is 0.0936. The largest absolute Gasteiger partial charge is 0.392 e. The van der Waals surface area contributed by atoms with Gasteiger partial charge in [0, 0.05) is 0 Å². The fourth-order valence-electron chi connectivity index (χ4n) is 1.12. The molecule has 0 bridgehead atoms. The Hall–Kier alpha value is -1.34. The fraction of sp³-hybridized carbons (Fsp3) is 0.167. The zero-order valence-electron chi connectivity index (χ0n) is 7.83. The minimum absolute atomic E-state index is 0.0936. The Morgan fingerprint density at radius 3 is 2.46 bits per heavy atom. The first-order chi connectivity index (χ1) is 6.27. The van der Waals surface area contributed by atoms with Gasteiger partial charge in [-0.1, -0.05) is 43.0 Å². The second kappa shape index (κ2) is 4.63. The van der Waals surface area contributed by atoms with Crippen molar-refractivity contribution >= 4 is 5.57 Å². The lowest BCUT2D eigenvalue weighted by molar-refractivity contribution is 0.282. The molecular weight excluding hydrogens is 160 g/mol. The molecule has 0 aromatic heterocycles. The van der Waals surface area contributed by atoms with E-state index in [0.29, 0.717) is 0 Å². The molecule has 0 radical (unpaired) electrons. The molecule has 0 aliphatic carbocycles. The summed E-state index contributed by atoms with van der Waals surface area (Å²) in [6.07, 6.45) is 3.93. The number of benzene rings is 1. The molecule has 0 heterocycles. The maximum absolute atomic E-state index is 8.83. The van der Waals surface area contributed by atoms with Gasteiger partial charge >= 0.3 is 0 Å². The van der Waals surface area contributed by atoms with Crippen LogP contribution in [0.1, 0.15) is 18.1 Å². The van der Waals surface area contributed by atoms with Crippen molar-refractivity contribution in [2.24, 2.45) is 0 Å². The van der Waals surface area contributed by atoms with Gasteiger partial charge in [0.15, 0.2) is 0 Å². The molecule has 0 fully saturated rings. The van der Waals surface area contributed by atoms with E-state index >= 15 is 0 Å². The highest BCUT2D eigenvalue weighted by Crippen LogP contribution is 2.14. The van der Waals surface area contributed by atoms with Crippen LogP contribution >= 0.6 is 0 Å². The fourth-order valence-corrected chi connectivity index (χ4v) is 1.12. The molecule has 0 spiro atoms. The van der Waals surface area contributed by atoms with Crippen LogP contribution in [-0.4, -0.2) is 5.11 Å². The second-order valence-corrected chi connectivity index (χ2v) is 2.88. The van der Waals surface area contributed by atoms with Crippen LogP contribution in [0.2, 0.25) is 0 Å². The first-order valence-corrected chi connectivity index (χ1v) is 4.29. The Morgan fingerprint density at radius 1 is 1.38 bits per heavy atom. The van der Waals surface area contributed by atoms with Crippen LogP contribution in [0.3, 0.4) is 0 Å². The van der Waals surface area contributed by atoms with Crippen molar-refractivity contribution in [2.75, 3.05) is 0 Å². The average molecular weight is 174 g/mol. The van der Waals surface area contributed by atoms with Gasteiger partial charge < -0.3 is 5.11 Å². The summed E-state index contributed by atoms with van der Waals surface area (Å²) in [6.45, 7) is 5.98. The van der Waals surface area contributed by atoms with E-state index in [-0.39, 0.29) is 6.61 Å². The van der Waals surface area contributed by atoms with Crippen molar-refractivity contribution in [2.45, 2.75) is 13.5 Å². The van der Waals surface area contributed by atoms with Gasteiger partial charge in [-0.05, 0) is 23.6 Å². The topological polar surface area (TPSA) is 20.2 Å². The van der Waals surface area contributed by atoms with Crippen LogP contribution in [0, 0.1) is 0 Å². The number of aliphatic hydroxyl groups excluding tert-OH is 1. The molecule has 0 unspecified atom stereocenters. The number of allylic oxidation sites excluding steroid dienone is 3.